The lowest BCUT2D eigenvalue weighted by Gasteiger charge is -2.10. The van der Waals surface area contributed by atoms with Crippen LogP contribution in [0.15, 0.2) is 52.3 Å². The Labute approximate surface area is 181 Å². The number of carbonyl (C=O) groups excluding carboxylic acids is 2. The summed E-state index contributed by atoms with van der Waals surface area (Å²) in [6.07, 6.45) is 0. The van der Waals surface area contributed by atoms with E-state index in [1.54, 1.807) is 35.6 Å². The average molecular weight is 474 g/mol. The van der Waals surface area contributed by atoms with Crippen LogP contribution in [-0.2, 0) is 11.4 Å². The van der Waals surface area contributed by atoms with Crippen molar-refractivity contribution >= 4 is 44.8 Å². The van der Waals surface area contributed by atoms with Crippen molar-refractivity contribution in [2.45, 2.75) is 20.5 Å². The number of thiazole rings is 1. The zero-order valence-corrected chi connectivity index (χ0v) is 18.4. The summed E-state index contributed by atoms with van der Waals surface area (Å²) in [6.45, 7) is 4.11. The van der Waals surface area contributed by atoms with Gasteiger partial charge >= 0.3 is 0 Å². The first kappa shape index (κ1) is 21.0. The van der Waals surface area contributed by atoms with E-state index in [1.165, 1.54) is 0 Å². The van der Waals surface area contributed by atoms with Crippen LogP contribution in [0.5, 0.6) is 5.75 Å². The van der Waals surface area contributed by atoms with Gasteiger partial charge in [-0.1, -0.05) is 15.9 Å². The van der Waals surface area contributed by atoms with Gasteiger partial charge in [0.2, 0.25) is 5.91 Å². The van der Waals surface area contributed by atoms with E-state index >= 15 is 0 Å². The standard InChI is InChI=1S/C21H20BrN3O3S/c1-13-9-16(22)5-8-19(13)25-20(26)10-23-21(27)15-3-6-18(7-4-15)28-11-17-12-29-14(2)24-17/h3-9,12H,10-11H2,1-2H3,(H,23,27)(H,25,26). The molecule has 0 aliphatic heterocycles. The first-order valence-corrected chi connectivity index (χ1v) is 10.6. The fraction of sp³-hybridized carbons (Fsp3) is 0.190. The molecule has 0 fully saturated rings. The largest absolute Gasteiger partial charge is 0.487 e. The lowest BCUT2D eigenvalue weighted by molar-refractivity contribution is -0.115. The number of halogens is 1. The van der Waals surface area contributed by atoms with Crippen molar-refractivity contribution in [3.8, 4) is 5.75 Å². The number of aryl methyl sites for hydroxylation is 2. The molecule has 0 saturated carbocycles. The number of aromatic nitrogens is 1. The van der Waals surface area contributed by atoms with Gasteiger partial charge in [0, 0.05) is 21.1 Å². The number of hydrogen-bond acceptors (Lipinski definition) is 5. The molecule has 29 heavy (non-hydrogen) atoms. The molecule has 2 aromatic carbocycles. The van der Waals surface area contributed by atoms with E-state index in [0.717, 1.165) is 20.7 Å². The van der Waals surface area contributed by atoms with Gasteiger partial charge in [0.25, 0.3) is 5.91 Å². The Morgan fingerprint density at radius 3 is 2.55 bits per heavy atom. The van der Waals surface area contributed by atoms with Crippen molar-refractivity contribution in [3.05, 3.63) is 74.1 Å². The van der Waals surface area contributed by atoms with E-state index in [4.69, 9.17) is 4.74 Å². The fourth-order valence-corrected chi connectivity index (χ4v) is 3.63. The number of carbonyl (C=O) groups is 2. The zero-order valence-electron chi connectivity index (χ0n) is 16.0. The molecule has 150 valence electrons. The topological polar surface area (TPSA) is 80.3 Å². The highest BCUT2D eigenvalue weighted by Gasteiger charge is 2.10. The third kappa shape index (κ3) is 6.13. The molecule has 2 N–H and O–H groups in total. The molecule has 3 aromatic rings. The fourth-order valence-electron chi connectivity index (χ4n) is 2.56. The minimum atomic E-state index is -0.325. The molecular formula is C21H20BrN3O3S. The summed E-state index contributed by atoms with van der Waals surface area (Å²) >= 11 is 4.96. The van der Waals surface area contributed by atoms with Crippen LogP contribution in [-0.4, -0.2) is 23.3 Å². The number of ether oxygens (including phenoxy) is 1. The predicted molar refractivity (Wildman–Crippen MR) is 117 cm³/mol. The van der Waals surface area contributed by atoms with E-state index in [2.05, 4.69) is 31.5 Å². The number of rotatable bonds is 7. The van der Waals surface area contributed by atoms with Crippen LogP contribution >= 0.6 is 27.3 Å². The van der Waals surface area contributed by atoms with Gasteiger partial charge in [0.15, 0.2) is 0 Å². The van der Waals surface area contributed by atoms with Gasteiger partial charge in [-0.05, 0) is 61.9 Å². The van der Waals surface area contributed by atoms with Crippen molar-refractivity contribution in [1.29, 1.82) is 0 Å². The highest BCUT2D eigenvalue weighted by atomic mass is 79.9. The zero-order chi connectivity index (χ0) is 20.8. The molecule has 8 heteroatoms. The van der Waals surface area contributed by atoms with E-state index in [1.807, 2.05) is 37.4 Å². The molecule has 0 aliphatic rings. The molecule has 0 radical (unpaired) electrons. The minimum Gasteiger partial charge on any atom is -0.487 e. The average Bonchev–Trinajstić information content (AvgIpc) is 3.12. The summed E-state index contributed by atoms with van der Waals surface area (Å²) in [6, 6.07) is 12.3. The summed E-state index contributed by atoms with van der Waals surface area (Å²) in [5.41, 5.74) is 2.97. The molecule has 0 spiro atoms. The van der Waals surface area contributed by atoms with E-state index in [9.17, 15) is 9.59 Å². The maximum Gasteiger partial charge on any atom is 0.251 e. The molecular weight excluding hydrogens is 454 g/mol. The third-order valence-corrected chi connectivity index (χ3v) is 5.36. The molecule has 0 atom stereocenters. The third-order valence-electron chi connectivity index (χ3n) is 4.04. The number of hydrogen-bond donors (Lipinski definition) is 2. The number of anilines is 1. The maximum absolute atomic E-state index is 12.3. The summed E-state index contributed by atoms with van der Waals surface area (Å²) in [4.78, 5) is 28.7. The van der Waals surface area contributed by atoms with Crippen molar-refractivity contribution in [3.63, 3.8) is 0 Å². The number of nitrogens with zero attached hydrogens (tertiary/aromatic N) is 1. The summed E-state index contributed by atoms with van der Waals surface area (Å²) in [5.74, 6) is 0.0345. The summed E-state index contributed by atoms with van der Waals surface area (Å²) in [7, 11) is 0. The highest BCUT2D eigenvalue weighted by Crippen LogP contribution is 2.20. The lowest BCUT2D eigenvalue weighted by atomic mass is 10.2. The van der Waals surface area contributed by atoms with Crippen LogP contribution in [0.2, 0.25) is 0 Å². The van der Waals surface area contributed by atoms with Gasteiger partial charge in [-0.2, -0.15) is 0 Å². The van der Waals surface area contributed by atoms with E-state index in [-0.39, 0.29) is 18.4 Å². The first-order valence-electron chi connectivity index (χ1n) is 8.89. The molecule has 1 heterocycles. The Hall–Kier alpha value is -2.71. The van der Waals surface area contributed by atoms with Crippen LogP contribution in [0.4, 0.5) is 5.69 Å². The van der Waals surface area contributed by atoms with Gasteiger partial charge in [-0.25, -0.2) is 4.98 Å². The second-order valence-electron chi connectivity index (χ2n) is 6.36. The van der Waals surface area contributed by atoms with Gasteiger partial charge in [0.1, 0.15) is 12.4 Å². The highest BCUT2D eigenvalue weighted by molar-refractivity contribution is 9.10. The second-order valence-corrected chi connectivity index (χ2v) is 8.34. The molecule has 6 nitrogen and oxygen atoms in total. The van der Waals surface area contributed by atoms with E-state index < -0.39 is 0 Å². The van der Waals surface area contributed by atoms with Crippen molar-refractivity contribution < 1.29 is 14.3 Å². The van der Waals surface area contributed by atoms with E-state index in [0.29, 0.717) is 23.6 Å². The smallest absolute Gasteiger partial charge is 0.251 e. The molecule has 0 unspecified atom stereocenters. The molecule has 0 saturated heterocycles. The molecule has 2 amide bonds. The quantitative estimate of drug-likeness (QED) is 0.530. The molecule has 1 aromatic heterocycles. The SMILES string of the molecule is Cc1nc(COc2ccc(C(=O)NCC(=O)Nc3ccc(Br)cc3C)cc2)cs1. The van der Waals surface area contributed by atoms with Gasteiger partial charge in [-0.15, -0.1) is 11.3 Å². The second kappa shape index (κ2) is 9.67. The Morgan fingerprint density at radius 1 is 1.14 bits per heavy atom. The minimum absolute atomic E-state index is 0.115. The van der Waals surface area contributed by atoms with Crippen LogP contribution in [0.3, 0.4) is 0 Å². The molecule has 0 aliphatic carbocycles. The normalized spacial score (nSPS) is 10.4. The van der Waals surface area contributed by atoms with Crippen LogP contribution < -0.4 is 15.4 Å². The lowest BCUT2D eigenvalue weighted by Crippen LogP contribution is -2.32. The summed E-state index contributed by atoms with van der Waals surface area (Å²) in [5, 5.41) is 8.36. The van der Waals surface area contributed by atoms with Crippen molar-refractivity contribution in [1.82, 2.24) is 10.3 Å². The Bertz CT molecular complexity index is 1020. The maximum atomic E-state index is 12.3. The Kier molecular flexibility index (Phi) is 7.00. The van der Waals surface area contributed by atoms with Crippen molar-refractivity contribution in [2.75, 3.05) is 11.9 Å². The van der Waals surface area contributed by atoms with Crippen LogP contribution in [0.1, 0.15) is 26.6 Å². The van der Waals surface area contributed by atoms with Crippen LogP contribution in [0, 0.1) is 13.8 Å². The number of nitrogens with one attached hydrogen (secondary N) is 2. The van der Waals surface area contributed by atoms with Gasteiger partial charge < -0.3 is 15.4 Å². The number of benzene rings is 2. The Morgan fingerprint density at radius 2 is 1.90 bits per heavy atom. The molecule has 0 bridgehead atoms. The summed E-state index contributed by atoms with van der Waals surface area (Å²) < 4.78 is 6.61. The monoisotopic (exact) mass is 473 g/mol. The van der Waals surface area contributed by atoms with Gasteiger partial charge in [-0.3, -0.25) is 9.59 Å². The van der Waals surface area contributed by atoms with Gasteiger partial charge in [0.05, 0.1) is 17.2 Å². The Balaban J connectivity index is 1.48. The van der Waals surface area contributed by atoms with Crippen LogP contribution in [0.25, 0.3) is 0 Å². The number of amides is 2. The first-order chi connectivity index (χ1) is 13.9. The predicted octanol–water partition coefficient (Wildman–Crippen LogP) is 4.47. The van der Waals surface area contributed by atoms with Crippen molar-refractivity contribution in [2.24, 2.45) is 0 Å². The molecule has 3 rings (SSSR count).